The van der Waals surface area contributed by atoms with Crippen molar-refractivity contribution in [2.75, 3.05) is 27.3 Å². The molecule has 0 aromatic heterocycles. The Morgan fingerprint density at radius 2 is 2.15 bits per heavy atom. The Balaban J connectivity index is 2.12. The molecule has 1 amide bonds. The monoisotopic (exact) mass is 278 g/mol. The van der Waals surface area contributed by atoms with E-state index in [0.29, 0.717) is 17.1 Å². The van der Waals surface area contributed by atoms with Gasteiger partial charge in [0, 0.05) is 12.6 Å². The summed E-state index contributed by atoms with van der Waals surface area (Å²) in [5, 5.41) is 6.40. The molecule has 1 heterocycles. The fraction of sp³-hybridized carbons (Fsp3) is 0.533. The maximum absolute atomic E-state index is 12.4. The van der Waals surface area contributed by atoms with Crippen molar-refractivity contribution in [3.05, 3.63) is 23.8 Å². The van der Waals surface area contributed by atoms with E-state index in [-0.39, 0.29) is 11.9 Å². The molecular weight excluding hydrogens is 256 g/mol. The van der Waals surface area contributed by atoms with E-state index in [9.17, 15) is 4.79 Å². The third kappa shape index (κ3) is 3.42. The normalized spacial score (nSPS) is 19.0. The quantitative estimate of drug-likeness (QED) is 0.878. The van der Waals surface area contributed by atoms with Gasteiger partial charge in [-0.15, -0.1) is 0 Å². The highest BCUT2D eigenvalue weighted by Crippen LogP contribution is 2.30. The van der Waals surface area contributed by atoms with Crippen LogP contribution in [-0.4, -0.2) is 39.3 Å². The highest BCUT2D eigenvalue weighted by Gasteiger charge is 2.20. The molecule has 1 aromatic rings. The van der Waals surface area contributed by atoms with Gasteiger partial charge in [-0.05, 0) is 31.5 Å². The molecule has 20 heavy (non-hydrogen) atoms. The van der Waals surface area contributed by atoms with Crippen LogP contribution in [-0.2, 0) is 0 Å². The SMILES string of the molecule is COc1cccc(C(=O)NC2CCCCNC2)c1OC. The molecule has 1 atom stereocenters. The second kappa shape index (κ2) is 7.14. The first-order chi connectivity index (χ1) is 9.76. The molecule has 2 rings (SSSR count). The lowest BCUT2D eigenvalue weighted by Crippen LogP contribution is -2.40. The van der Waals surface area contributed by atoms with E-state index in [1.165, 1.54) is 0 Å². The number of ether oxygens (including phenoxy) is 2. The van der Waals surface area contributed by atoms with Gasteiger partial charge in [-0.3, -0.25) is 4.79 Å². The van der Waals surface area contributed by atoms with E-state index in [1.807, 2.05) is 0 Å². The van der Waals surface area contributed by atoms with Crippen molar-refractivity contribution in [2.24, 2.45) is 0 Å². The number of hydrogen-bond donors (Lipinski definition) is 2. The lowest BCUT2D eigenvalue weighted by molar-refractivity contribution is 0.0932. The van der Waals surface area contributed by atoms with Gasteiger partial charge in [-0.1, -0.05) is 12.5 Å². The van der Waals surface area contributed by atoms with Crippen molar-refractivity contribution < 1.29 is 14.3 Å². The predicted octanol–water partition coefficient (Wildman–Crippen LogP) is 1.58. The van der Waals surface area contributed by atoms with E-state index < -0.39 is 0 Å². The molecule has 5 heteroatoms. The van der Waals surface area contributed by atoms with Crippen molar-refractivity contribution >= 4 is 5.91 Å². The van der Waals surface area contributed by atoms with Gasteiger partial charge in [-0.2, -0.15) is 0 Å². The number of para-hydroxylation sites is 1. The van der Waals surface area contributed by atoms with Crippen LogP contribution in [0, 0.1) is 0 Å². The number of amides is 1. The molecule has 1 aromatic carbocycles. The minimum atomic E-state index is -0.116. The summed E-state index contributed by atoms with van der Waals surface area (Å²) in [6.45, 7) is 1.84. The van der Waals surface area contributed by atoms with Crippen LogP contribution in [0.2, 0.25) is 0 Å². The molecule has 1 unspecified atom stereocenters. The number of benzene rings is 1. The van der Waals surface area contributed by atoms with Gasteiger partial charge in [0.05, 0.1) is 19.8 Å². The Morgan fingerprint density at radius 1 is 1.30 bits per heavy atom. The minimum Gasteiger partial charge on any atom is -0.493 e. The van der Waals surface area contributed by atoms with Gasteiger partial charge in [-0.25, -0.2) is 0 Å². The molecule has 110 valence electrons. The largest absolute Gasteiger partial charge is 0.493 e. The standard InChI is InChI=1S/C15H22N2O3/c1-19-13-8-5-7-12(14(13)20-2)15(18)17-11-6-3-4-9-16-10-11/h5,7-8,11,16H,3-4,6,9-10H2,1-2H3,(H,17,18). The predicted molar refractivity (Wildman–Crippen MR) is 77.5 cm³/mol. The van der Waals surface area contributed by atoms with Crippen molar-refractivity contribution in [3.8, 4) is 11.5 Å². The summed E-state index contributed by atoms with van der Waals surface area (Å²) in [5.41, 5.74) is 0.510. The Kier molecular flexibility index (Phi) is 5.24. The Bertz CT molecular complexity index is 454. The van der Waals surface area contributed by atoms with E-state index in [4.69, 9.17) is 9.47 Å². The zero-order chi connectivity index (χ0) is 14.4. The number of hydrogen-bond acceptors (Lipinski definition) is 4. The highest BCUT2D eigenvalue weighted by molar-refractivity contribution is 5.98. The maximum Gasteiger partial charge on any atom is 0.255 e. The average molecular weight is 278 g/mol. The minimum absolute atomic E-state index is 0.116. The first kappa shape index (κ1) is 14.7. The molecule has 1 saturated heterocycles. The third-order valence-corrected chi connectivity index (χ3v) is 3.53. The number of carbonyl (C=O) groups excluding carboxylic acids is 1. The Labute approximate surface area is 119 Å². The second-order valence-electron chi connectivity index (χ2n) is 4.91. The summed E-state index contributed by atoms with van der Waals surface area (Å²) in [7, 11) is 3.11. The summed E-state index contributed by atoms with van der Waals surface area (Å²) in [6.07, 6.45) is 3.30. The van der Waals surface area contributed by atoms with Crippen molar-refractivity contribution in [1.82, 2.24) is 10.6 Å². The lowest BCUT2D eigenvalue weighted by Gasteiger charge is -2.18. The molecular formula is C15H22N2O3. The van der Waals surface area contributed by atoms with Crippen LogP contribution in [0.4, 0.5) is 0 Å². The van der Waals surface area contributed by atoms with Crippen LogP contribution in [0.3, 0.4) is 0 Å². The van der Waals surface area contributed by atoms with E-state index in [2.05, 4.69) is 10.6 Å². The van der Waals surface area contributed by atoms with Gasteiger partial charge in [0.25, 0.3) is 5.91 Å². The Morgan fingerprint density at radius 3 is 2.90 bits per heavy atom. The topological polar surface area (TPSA) is 59.6 Å². The van der Waals surface area contributed by atoms with Crippen molar-refractivity contribution in [2.45, 2.75) is 25.3 Å². The molecule has 0 saturated carbocycles. The zero-order valence-electron chi connectivity index (χ0n) is 12.1. The van der Waals surface area contributed by atoms with Crippen LogP contribution < -0.4 is 20.1 Å². The molecule has 2 N–H and O–H groups in total. The molecule has 0 bridgehead atoms. The third-order valence-electron chi connectivity index (χ3n) is 3.53. The Hall–Kier alpha value is -1.75. The van der Waals surface area contributed by atoms with E-state index in [0.717, 1.165) is 32.4 Å². The molecule has 1 fully saturated rings. The van der Waals surface area contributed by atoms with Gasteiger partial charge in [0.15, 0.2) is 11.5 Å². The number of nitrogens with one attached hydrogen (secondary N) is 2. The van der Waals surface area contributed by atoms with E-state index >= 15 is 0 Å². The number of rotatable bonds is 4. The van der Waals surface area contributed by atoms with Crippen LogP contribution in [0.25, 0.3) is 0 Å². The van der Waals surface area contributed by atoms with Crippen molar-refractivity contribution in [1.29, 1.82) is 0 Å². The summed E-state index contributed by atoms with van der Waals surface area (Å²) in [6, 6.07) is 5.49. The number of methoxy groups -OCH3 is 2. The maximum atomic E-state index is 12.4. The molecule has 1 aliphatic rings. The first-order valence-electron chi connectivity index (χ1n) is 6.99. The van der Waals surface area contributed by atoms with Gasteiger partial charge in [0.1, 0.15) is 0 Å². The van der Waals surface area contributed by atoms with Crippen LogP contribution in [0.1, 0.15) is 29.6 Å². The molecule has 5 nitrogen and oxygen atoms in total. The smallest absolute Gasteiger partial charge is 0.255 e. The van der Waals surface area contributed by atoms with Crippen LogP contribution in [0.15, 0.2) is 18.2 Å². The summed E-state index contributed by atoms with van der Waals surface area (Å²) >= 11 is 0. The fourth-order valence-electron chi connectivity index (χ4n) is 2.47. The van der Waals surface area contributed by atoms with Crippen LogP contribution in [0.5, 0.6) is 11.5 Å². The van der Waals surface area contributed by atoms with E-state index in [1.54, 1.807) is 32.4 Å². The zero-order valence-corrected chi connectivity index (χ0v) is 12.1. The van der Waals surface area contributed by atoms with Gasteiger partial charge in [0.2, 0.25) is 0 Å². The van der Waals surface area contributed by atoms with Crippen molar-refractivity contribution in [3.63, 3.8) is 0 Å². The molecule has 0 radical (unpaired) electrons. The molecule has 1 aliphatic heterocycles. The summed E-state index contributed by atoms with van der Waals surface area (Å²) in [5.74, 6) is 0.933. The highest BCUT2D eigenvalue weighted by atomic mass is 16.5. The van der Waals surface area contributed by atoms with Gasteiger partial charge >= 0.3 is 0 Å². The van der Waals surface area contributed by atoms with Crippen LogP contribution >= 0.6 is 0 Å². The summed E-state index contributed by atoms with van der Waals surface area (Å²) < 4.78 is 10.5. The lowest BCUT2D eigenvalue weighted by atomic mass is 10.1. The van der Waals surface area contributed by atoms with Gasteiger partial charge < -0.3 is 20.1 Å². The number of carbonyl (C=O) groups is 1. The average Bonchev–Trinajstić information content (AvgIpc) is 2.74. The molecule has 0 aliphatic carbocycles. The molecule has 0 spiro atoms. The second-order valence-corrected chi connectivity index (χ2v) is 4.91. The summed E-state index contributed by atoms with van der Waals surface area (Å²) in [4.78, 5) is 12.4. The first-order valence-corrected chi connectivity index (χ1v) is 6.99. The fourth-order valence-corrected chi connectivity index (χ4v) is 2.47.